The smallest absolute Gasteiger partial charge is 0.254 e. The standard InChI is InChI=1S/C22H23ClN2O6S/c23-20-8-7-16(12-21(20)32(27,28)24-13-17-4-1-9-29-17)22(26)25(14-18-5-2-10-30-18)15-19-6-3-11-31-19/h2-3,5-8,10-12,17,24H,1,4,9,13-15H2. The third-order valence-corrected chi connectivity index (χ3v) is 7.04. The fourth-order valence-electron chi connectivity index (χ4n) is 3.49. The molecular weight excluding hydrogens is 456 g/mol. The van der Waals surface area contributed by atoms with Gasteiger partial charge in [-0.05, 0) is 55.3 Å². The molecule has 1 aromatic carbocycles. The summed E-state index contributed by atoms with van der Waals surface area (Å²) in [7, 11) is -3.93. The molecule has 1 atom stereocenters. The number of furan rings is 2. The first-order chi connectivity index (χ1) is 15.4. The van der Waals surface area contributed by atoms with Crippen molar-refractivity contribution in [2.75, 3.05) is 13.2 Å². The zero-order chi connectivity index (χ0) is 22.6. The zero-order valence-corrected chi connectivity index (χ0v) is 18.8. The highest BCUT2D eigenvalue weighted by molar-refractivity contribution is 7.89. The first-order valence-corrected chi connectivity index (χ1v) is 12.0. The molecular formula is C22H23ClN2O6S. The van der Waals surface area contributed by atoms with Gasteiger partial charge in [-0.15, -0.1) is 0 Å². The zero-order valence-electron chi connectivity index (χ0n) is 17.2. The van der Waals surface area contributed by atoms with E-state index < -0.39 is 10.0 Å². The van der Waals surface area contributed by atoms with Gasteiger partial charge in [0.15, 0.2) is 0 Å². The number of rotatable bonds is 9. The Morgan fingerprint density at radius 3 is 2.34 bits per heavy atom. The molecule has 1 N–H and O–H groups in total. The highest BCUT2D eigenvalue weighted by atomic mass is 35.5. The number of hydrogen-bond acceptors (Lipinski definition) is 6. The number of halogens is 1. The molecule has 10 heteroatoms. The van der Waals surface area contributed by atoms with E-state index in [1.165, 1.54) is 35.6 Å². The number of amides is 1. The molecule has 0 aliphatic carbocycles. The van der Waals surface area contributed by atoms with Gasteiger partial charge in [-0.25, -0.2) is 13.1 Å². The summed E-state index contributed by atoms with van der Waals surface area (Å²) in [4.78, 5) is 14.7. The van der Waals surface area contributed by atoms with E-state index >= 15 is 0 Å². The Morgan fingerprint density at radius 1 is 1.09 bits per heavy atom. The van der Waals surface area contributed by atoms with Gasteiger partial charge in [0.25, 0.3) is 5.91 Å². The van der Waals surface area contributed by atoms with Gasteiger partial charge < -0.3 is 18.5 Å². The van der Waals surface area contributed by atoms with Gasteiger partial charge in [0.2, 0.25) is 10.0 Å². The molecule has 0 radical (unpaired) electrons. The molecule has 8 nitrogen and oxygen atoms in total. The summed E-state index contributed by atoms with van der Waals surface area (Å²) in [6.07, 6.45) is 4.59. The van der Waals surface area contributed by atoms with E-state index in [0.29, 0.717) is 18.1 Å². The van der Waals surface area contributed by atoms with Crippen molar-refractivity contribution >= 4 is 27.5 Å². The van der Waals surface area contributed by atoms with Crippen LogP contribution in [0.25, 0.3) is 0 Å². The lowest BCUT2D eigenvalue weighted by Gasteiger charge is -2.21. The van der Waals surface area contributed by atoms with Gasteiger partial charge >= 0.3 is 0 Å². The Kier molecular flexibility index (Phi) is 7.00. The first kappa shape index (κ1) is 22.6. The van der Waals surface area contributed by atoms with E-state index in [1.807, 2.05) is 0 Å². The van der Waals surface area contributed by atoms with E-state index in [4.69, 9.17) is 25.2 Å². The molecule has 3 aromatic rings. The van der Waals surface area contributed by atoms with Crippen LogP contribution in [-0.2, 0) is 27.8 Å². The van der Waals surface area contributed by atoms with Crippen LogP contribution in [0.5, 0.6) is 0 Å². The first-order valence-electron chi connectivity index (χ1n) is 10.2. The highest BCUT2D eigenvalue weighted by Gasteiger charge is 2.25. The van der Waals surface area contributed by atoms with E-state index in [0.717, 1.165) is 12.8 Å². The van der Waals surface area contributed by atoms with Crippen molar-refractivity contribution in [1.29, 1.82) is 0 Å². The fourth-order valence-corrected chi connectivity index (χ4v) is 5.08. The largest absolute Gasteiger partial charge is 0.467 e. The number of ether oxygens (including phenoxy) is 1. The minimum atomic E-state index is -3.93. The number of sulfonamides is 1. The Bertz CT molecular complexity index is 1100. The molecule has 1 aliphatic rings. The second-order valence-corrected chi connectivity index (χ2v) is 9.59. The van der Waals surface area contributed by atoms with Gasteiger partial charge in [0.05, 0.1) is 36.7 Å². The summed E-state index contributed by atoms with van der Waals surface area (Å²) in [5.74, 6) is 0.792. The van der Waals surface area contributed by atoms with Crippen molar-refractivity contribution in [1.82, 2.24) is 9.62 Å². The van der Waals surface area contributed by atoms with Crippen molar-refractivity contribution < 1.29 is 26.8 Å². The number of nitrogens with zero attached hydrogens (tertiary/aromatic N) is 1. The number of nitrogens with one attached hydrogen (secondary N) is 1. The predicted molar refractivity (Wildman–Crippen MR) is 117 cm³/mol. The molecule has 1 fully saturated rings. The minimum absolute atomic E-state index is 0.0324. The van der Waals surface area contributed by atoms with Crippen LogP contribution in [-0.4, -0.2) is 38.5 Å². The number of carbonyl (C=O) groups excluding carboxylic acids is 1. The maximum atomic E-state index is 13.3. The molecule has 1 amide bonds. The molecule has 2 aromatic heterocycles. The third-order valence-electron chi connectivity index (χ3n) is 5.13. The summed E-state index contributed by atoms with van der Waals surface area (Å²) < 4.78 is 44.5. The van der Waals surface area contributed by atoms with Gasteiger partial charge in [0, 0.05) is 18.7 Å². The van der Waals surface area contributed by atoms with Crippen LogP contribution in [0, 0.1) is 0 Å². The number of benzene rings is 1. The van der Waals surface area contributed by atoms with Crippen LogP contribution in [0.15, 0.2) is 68.7 Å². The lowest BCUT2D eigenvalue weighted by atomic mass is 10.2. The van der Waals surface area contributed by atoms with Crippen molar-refractivity contribution in [3.63, 3.8) is 0 Å². The monoisotopic (exact) mass is 478 g/mol. The maximum Gasteiger partial charge on any atom is 0.254 e. The Labute approximate surface area is 191 Å². The Balaban J connectivity index is 1.57. The van der Waals surface area contributed by atoms with Crippen molar-refractivity contribution in [2.24, 2.45) is 0 Å². The molecule has 32 heavy (non-hydrogen) atoms. The summed E-state index contributed by atoms with van der Waals surface area (Å²) >= 11 is 6.19. The average Bonchev–Trinajstić information content (AvgIpc) is 3.55. The molecule has 0 spiro atoms. The van der Waals surface area contributed by atoms with Crippen LogP contribution in [0.2, 0.25) is 5.02 Å². The molecule has 0 saturated carbocycles. The second kappa shape index (κ2) is 9.91. The third kappa shape index (κ3) is 5.42. The van der Waals surface area contributed by atoms with Crippen molar-refractivity contribution in [2.45, 2.75) is 36.9 Å². The lowest BCUT2D eigenvalue weighted by Crippen LogP contribution is -2.33. The molecule has 170 valence electrons. The van der Waals surface area contributed by atoms with Crippen molar-refractivity contribution in [3.05, 3.63) is 77.1 Å². The molecule has 1 saturated heterocycles. The van der Waals surface area contributed by atoms with Crippen LogP contribution in [0.1, 0.15) is 34.7 Å². The Morgan fingerprint density at radius 2 is 1.78 bits per heavy atom. The predicted octanol–water partition coefficient (Wildman–Crippen LogP) is 3.83. The molecule has 3 heterocycles. The quantitative estimate of drug-likeness (QED) is 0.501. The Hall–Kier alpha value is -2.59. The van der Waals surface area contributed by atoms with Crippen LogP contribution < -0.4 is 4.72 Å². The highest BCUT2D eigenvalue weighted by Crippen LogP contribution is 2.25. The molecule has 1 aliphatic heterocycles. The average molecular weight is 479 g/mol. The lowest BCUT2D eigenvalue weighted by molar-refractivity contribution is 0.0704. The minimum Gasteiger partial charge on any atom is -0.467 e. The summed E-state index contributed by atoms with van der Waals surface area (Å²) in [5, 5.41) is 0.0324. The van der Waals surface area contributed by atoms with Crippen LogP contribution in [0.3, 0.4) is 0 Å². The molecule has 4 rings (SSSR count). The van der Waals surface area contributed by atoms with Gasteiger partial charge in [-0.3, -0.25) is 4.79 Å². The van der Waals surface area contributed by atoms with E-state index in [9.17, 15) is 13.2 Å². The SMILES string of the molecule is O=C(c1ccc(Cl)c(S(=O)(=O)NCC2CCCO2)c1)N(Cc1ccco1)Cc1ccco1. The topological polar surface area (TPSA) is 102 Å². The summed E-state index contributed by atoms with van der Waals surface area (Å²) in [6, 6.07) is 11.2. The normalized spacial score (nSPS) is 16.3. The van der Waals surface area contributed by atoms with E-state index in [1.54, 1.807) is 24.3 Å². The summed E-state index contributed by atoms with van der Waals surface area (Å²) in [6.45, 7) is 1.15. The van der Waals surface area contributed by atoms with Gasteiger partial charge in [-0.1, -0.05) is 11.6 Å². The number of hydrogen-bond donors (Lipinski definition) is 1. The molecule has 1 unspecified atom stereocenters. The van der Waals surface area contributed by atoms with Gasteiger partial charge in [-0.2, -0.15) is 0 Å². The second-order valence-electron chi connectivity index (χ2n) is 7.45. The van der Waals surface area contributed by atoms with E-state index in [2.05, 4.69) is 4.72 Å². The summed E-state index contributed by atoms with van der Waals surface area (Å²) in [5.41, 5.74) is 0.185. The number of carbonyl (C=O) groups is 1. The molecule has 0 bridgehead atoms. The van der Waals surface area contributed by atoms with Crippen LogP contribution >= 0.6 is 11.6 Å². The van der Waals surface area contributed by atoms with E-state index in [-0.39, 0.29) is 47.1 Å². The van der Waals surface area contributed by atoms with Crippen LogP contribution in [0.4, 0.5) is 0 Å². The van der Waals surface area contributed by atoms with Crippen molar-refractivity contribution in [3.8, 4) is 0 Å². The van der Waals surface area contributed by atoms with Gasteiger partial charge in [0.1, 0.15) is 16.4 Å². The fraction of sp³-hybridized carbons (Fsp3) is 0.318. The maximum absolute atomic E-state index is 13.3.